The highest BCUT2D eigenvalue weighted by Gasteiger charge is 2.30. The summed E-state index contributed by atoms with van der Waals surface area (Å²) < 4.78 is 15.6. The highest BCUT2D eigenvalue weighted by atomic mass is 19.1. The first-order chi connectivity index (χ1) is 12.1. The predicted molar refractivity (Wildman–Crippen MR) is 91.6 cm³/mol. The Balaban J connectivity index is 1.58. The topological polar surface area (TPSA) is 76.0 Å². The summed E-state index contributed by atoms with van der Waals surface area (Å²) in [4.78, 5) is 28.5. The maximum Gasteiger partial charge on any atom is 0.228 e. The van der Waals surface area contributed by atoms with E-state index in [0.717, 1.165) is 25.2 Å². The van der Waals surface area contributed by atoms with E-state index >= 15 is 0 Å². The summed E-state index contributed by atoms with van der Waals surface area (Å²) in [6.45, 7) is 3.30. The summed E-state index contributed by atoms with van der Waals surface area (Å²) in [5.41, 5.74) is 1.03. The van der Waals surface area contributed by atoms with Crippen LogP contribution in [0.4, 0.5) is 10.1 Å². The number of nitrogens with one attached hydrogen (secondary N) is 2. The fraction of sp³-hybridized carbons (Fsp3) is 0.389. The first kappa shape index (κ1) is 17.1. The number of fused-ring (bicyclic) bond motifs is 1. The number of aryl methyl sites for hydroxylation is 2. The number of hydrogen-bond donors (Lipinski definition) is 2. The van der Waals surface area contributed by atoms with Gasteiger partial charge in [0.05, 0.1) is 5.92 Å². The number of hydrogen-bond acceptors (Lipinski definition) is 3. The van der Waals surface area contributed by atoms with Crippen molar-refractivity contribution in [3.05, 3.63) is 47.8 Å². The van der Waals surface area contributed by atoms with Crippen LogP contribution in [0.3, 0.4) is 0 Å². The molecule has 6 nitrogen and oxygen atoms in total. The third-order valence-electron chi connectivity index (χ3n) is 4.36. The van der Waals surface area contributed by atoms with E-state index in [1.54, 1.807) is 6.20 Å². The minimum absolute atomic E-state index is 0.0315. The highest BCUT2D eigenvalue weighted by Crippen LogP contribution is 2.32. The second kappa shape index (κ2) is 7.46. The Morgan fingerprint density at radius 1 is 1.48 bits per heavy atom. The lowest BCUT2D eigenvalue weighted by Gasteiger charge is -2.25. The number of nitrogens with zero attached hydrogens (tertiary/aromatic N) is 2. The molecule has 0 saturated heterocycles. The molecule has 0 saturated carbocycles. The quantitative estimate of drug-likeness (QED) is 0.789. The summed E-state index contributed by atoms with van der Waals surface area (Å²) >= 11 is 0. The van der Waals surface area contributed by atoms with E-state index in [1.807, 2.05) is 13.1 Å². The zero-order valence-electron chi connectivity index (χ0n) is 14.1. The molecule has 7 heteroatoms. The molecule has 1 aromatic carbocycles. The zero-order chi connectivity index (χ0) is 17.8. The van der Waals surface area contributed by atoms with E-state index in [9.17, 15) is 14.0 Å². The Morgan fingerprint density at radius 2 is 2.32 bits per heavy atom. The van der Waals surface area contributed by atoms with Crippen molar-refractivity contribution in [1.29, 1.82) is 0 Å². The number of halogens is 1. The molecular formula is C18H21FN4O2. The van der Waals surface area contributed by atoms with Gasteiger partial charge < -0.3 is 15.2 Å². The maximum absolute atomic E-state index is 13.5. The lowest BCUT2D eigenvalue weighted by molar-refractivity contribution is -0.126. The molecule has 2 aromatic rings. The van der Waals surface area contributed by atoms with E-state index in [1.165, 1.54) is 18.2 Å². The average molecular weight is 344 g/mol. The van der Waals surface area contributed by atoms with E-state index in [0.29, 0.717) is 17.8 Å². The Kier molecular flexibility index (Phi) is 5.11. The fourth-order valence-electron chi connectivity index (χ4n) is 3.11. The zero-order valence-corrected chi connectivity index (χ0v) is 14.1. The lowest BCUT2D eigenvalue weighted by atomic mass is 9.89. The molecule has 2 amide bonds. The number of rotatable bonds is 6. The monoisotopic (exact) mass is 344 g/mol. The third-order valence-corrected chi connectivity index (χ3v) is 4.36. The smallest absolute Gasteiger partial charge is 0.228 e. The summed E-state index contributed by atoms with van der Waals surface area (Å²) in [7, 11) is 0. The van der Waals surface area contributed by atoms with Crippen molar-refractivity contribution in [3.63, 3.8) is 0 Å². The van der Waals surface area contributed by atoms with Crippen molar-refractivity contribution >= 4 is 17.5 Å². The maximum atomic E-state index is 13.5. The van der Waals surface area contributed by atoms with E-state index < -0.39 is 11.7 Å². The van der Waals surface area contributed by atoms with Crippen LogP contribution in [-0.4, -0.2) is 27.9 Å². The molecule has 0 radical (unpaired) electrons. The van der Waals surface area contributed by atoms with Crippen molar-refractivity contribution in [1.82, 2.24) is 14.9 Å². The van der Waals surface area contributed by atoms with Crippen LogP contribution >= 0.6 is 0 Å². The minimum atomic E-state index is -0.654. The van der Waals surface area contributed by atoms with Gasteiger partial charge in [-0.2, -0.15) is 0 Å². The second-order valence-corrected chi connectivity index (χ2v) is 6.07. The van der Waals surface area contributed by atoms with Crippen LogP contribution in [0, 0.1) is 5.82 Å². The Bertz CT molecular complexity index is 787. The molecule has 1 aromatic heterocycles. The molecule has 1 aliphatic heterocycles. The third kappa shape index (κ3) is 3.87. The van der Waals surface area contributed by atoms with Crippen molar-refractivity contribution in [2.45, 2.75) is 38.6 Å². The molecule has 0 unspecified atom stereocenters. The SMILES string of the molecule is CCc1nccn1CCCNC(=O)[C@@H]1CC(=O)Nc2ccc(F)cc21. The molecule has 0 fully saturated rings. The van der Waals surface area contributed by atoms with Crippen LogP contribution < -0.4 is 10.6 Å². The molecule has 3 rings (SSSR count). The molecule has 0 bridgehead atoms. The first-order valence-corrected chi connectivity index (χ1v) is 8.45. The van der Waals surface area contributed by atoms with Crippen LogP contribution in [0.15, 0.2) is 30.6 Å². The first-order valence-electron chi connectivity index (χ1n) is 8.45. The van der Waals surface area contributed by atoms with Gasteiger partial charge >= 0.3 is 0 Å². The molecular weight excluding hydrogens is 323 g/mol. The Morgan fingerprint density at radius 3 is 3.12 bits per heavy atom. The second-order valence-electron chi connectivity index (χ2n) is 6.07. The van der Waals surface area contributed by atoms with E-state index in [4.69, 9.17) is 0 Å². The number of carbonyl (C=O) groups excluding carboxylic acids is 2. The predicted octanol–water partition coefficient (Wildman–Crippen LogP) is 2.22. The van der Waals surface area contributed by atoms with Gasteiger partial charge in [-0.25, -0.2) is 9.37 Å². The summed E-state index contributed by atoms with van der Waals surface area (Å²) in [5, 5.41) is 5.53. The molecule has 1 atom stereocenters. The van der Waals surface area contributed by atoms with E-state index in [-0.39, 0.29) is 18.2 Å². The van der Waals surface area contributed by atoms with Crippen molar-refractivity contribution in [2.24, 2.45) is 0 Å². The highest BCUT2D eigenvalue weighted by molar-refractivity contribution is 6.01. The normalized spacial score (nSPS) is 16.2. The number of benzene rings is 1. The van der Waals surface area contributed by atoms with Gasteiger partial charge in [0.2, 0.25) is 11.8 Å². The molecule has 25 heavy (non-hydrogen) atoms. The summed E-state index contributed by atoms with van der Waals surface area (Å²) in [5.74, 6) is -0.535. The number of imidazole rings is 1. The molecule has 0 aliphatic carbocycles. The molecule has 0 spiro atoms. The molecule has 1 aliphatic rings. The Labute approximate surface area is 145 Å². The summed E-state index contributed by atoms with van der Waals surface area (Å²) in [6.07, 6.45) is 5.33. The molecule has 2 N–H and O–H groups in total. The minimum Gasteiger partial charge on any atom is -0.355 e. The van der Waals surface area contributed by atoms with Gasteiger partial charge in [0.1, 0.15) is 11.6 Å². The number of amides is 2. The van der Waals surface area contributed by atoms with Crippen LogP contribution in [0.2, 0.25) is 0 Å². The van der Waals surface area contributed by atoms with Gasteiger partial charge in [0.25, 0.3) is 0 Å². The van der Waals surface area contributed by atoms with Crippen LogP contribution in [0.5, 0.6) is 0 Å². The average Bonchev–Trinajstić information content (AvgIpc) is 3.05. The van der Waals surface area contributed by atoms with Crippen LogP contribution in [0.1, 0.15) is 37.1 Å². The van der Waals surface area contributed by atoms with Gasteiger partial charge in [-0.3, -0.25) is 9.59 Å². The largest absolute Gasteiger partial charge is 0.355 e. The van der Waals surface area contributed by atoms with Gasteiger partial charge in [0, 0.05) is 44.0 Å². The number of carbonyl (C=O) groups is 2. The van der Waals surface area contributed by atoms with Gasteiger partial charge in [-0.05, 0) is 30.2 Å². The molecule has 2 heterocycles. The van der Waals surface area contributed by atoms with Gasteiger partial charge in [-0.15, -0.1) is 0 Å². The molecule has 132 valence electrons. The van der Waals surface area contributed by atoms with Crippen LogP contribution in [-0.2, 0) is 22.6 Å². The lowest BCUT2D eigenvalue weighted by Crippen LogP contribution is -2.35. The standard InChI is InChI=1S/C18H21FN4O2/c1-2-16-20-7-9-23(16)8-3-6-21-18(25)14-11-17(24)22-15-5-4-12(19)10-13(14)15/h4-5,7,9-10,14H,2-3,6,8,11H2,1H3,(H,21,25)(H,22,24)/t14-/m1/s1. The Hall–Kier alpha value is -2.70. The van der Waals surface area contributed by atoms with Crippen molar-refractivity contribution in [2.75, 3.05) is 11.9 Å². The fourth-order valence-corrected chi connectivity index (χ4v) is 3.11. The van der Waals surface area contributed by atoms with Crippen LogP contribution in [0.25, 0.3) is 0 Å². The van der Waals surface area contributed by atoms with Crippen molar-refractivity contribution < 1.29 is 14.0 Å². The van der Waals surface area contributed by atoms with E-state index in [2.05, 4.69) is 20.2 Å². The van der Waals surface area contributed by atoms with Gasteiger partial charge in [-0.1, -0.05) is 6.92 Å². The number of anilines is 1. The van der Waals surface area contributed by atoms with Crippen molar-refractivity contribution in [3.8, 4) is 0 Å². The number of aromatic nitrogens is 2. The summed E-state index contributed by atoms with van der Waals surface area (Å²) in [6, 6.07) is 4.08. The van der Waals surface area contributed by atoms with Gasteiger partial charge in [0.15, 0.2) is 0 Å².